The van der Waals surface area contributed by atoms with Crippen molar-refractivity contribution in [1.82, 2.24) is 5.32 Å². The summed E-state index contributed by atoms with van der Waals surface area (Å²) in [5, 5.41) is 15.8. The van der Waals surface area contributed by atoms with Gasteiger partial charge in [-0.3, -0.25) is 10.1 Å². The van der Waals surface area contributed by atoms with E-state index in [0.717, 1.165) is 5.56 Å². The second-order valence-electron chi connectivity index (χ2n) is 7.05. The fourth-order valence-corrected chi connectivity index (χ4v) is 2.94. The van der Waals surface area contributed by atoms with E-state index in [1.165, 1.54) is 14.2 Å². The number of hydrogen-bond donors (Lipinski definition) is 3. The van der Waals surface area contributed by atoms with Gasteiger partial charge < -0.3 is 19.9 Å². The number of carbonyl (C=O) groups is 1. The number of halogens is 1. The Morgan fingerprint density at radius 1 is 1.14 bits per heavy atom. The molecule has 2 aromatic carbocycles. The van der Waals surface area contributed by atoms with E-state index >= 15 is 0 Å². The molecule has 0 aliphatic carbocycles. The van der Waals surface area contributed by atoms with Crippen LogP contribution in [0.4, 0.5) is 5.69 Å². The predicted octanol–water partition coefficient (Wildman–Crippen LogP) is 4.49. The average Bonchev–Trinajstić information content (AvgIpc) is 2.63. The summed E-state index contributed by atoms with van der Waals surface area (Å²) in [5.74, 6) is 0.0334. The summed E-state index contributed by atoms with van der Waals surface area (Å²) in [7, 11) is 2.92. The molecule has 28 heavy (non-hydrogen) atoms. The van der Waals surface area contributed by atoms with Crippen LogP contribution in [0, 0.1) is 0 Å². The molecule has 0 unspecified atom stereocenters. The van der Waals surface area contributed by atoms with Gasteiger partial charge in [-0.15, -0.1) is 0 Å². The fourth-order valence-electron chi connectivity index (χ4n) is 2.52. The molecule has 0 aliphatic rings. The lowest BCUT2D eigenvalue weighted by atomic mass is 9.87. The quantitative estimate of drug-likeness (QED) is 0.497. The minimum absolute atomic E-state index is 0.00427. The maximum Gasteiger partial charge on any atom is 0.264 e. The summed E-state index contributed by atoms with van der Waals surface area (Å²) >= 11 is 11.4. The minimum atomic E-state index is -0.510. The highest BCUT2D eigenvalue weighted by Gasteiger charge is 2.21. The Hall–Kier alpha value is -2.51. The van der Waals surface area contributed by atoms with E-state index in [4.69, 9.17) is 33.3 Å². The number of nitrogens with one attached hydrogen (secondary N) is 2. The highest BCUT2D eigenvalue weighted by Crippen LogP contribution is 2.37. The zero-order chi connectivity index (χ0) is 21.1. The molecular formula is C20H23ClN2O4S. The summed E-state index contributed by atoms with van der Waals surface area (Å²) in [6.07, 6.45) is 0. The molecule has 0 saturated carbocycles. The number of ether oxygens (including phenoxy) is 2. The number of rotatable bonds is 4. The molecule has 0 aromatic heterocycles. The van der Waals surface area contributed by atoms with Crippen LogP contribution in [0.1, 0.15) is 36.7 Å². The molecule has 2 aromatic rings. The first-order chi connectivity index (χ1) is 13.1. The van der Waals surface area contributed by atoms with Gasteiger partial charge in [0.05, 0.1) is 24.9 Å². The highest BCUT2D eigenvalue weighted by molar-refractivity contribution is 7.80. The van der Waals surface area contributed by atoms with Crippen LogP contribution in [-0.2, 0) is 5.41 Å². The number of amides is 1. The van der Waals surface area contributed by atoms with Crippen LogP contribution in [0.3, 0.4) is 0 Å². The van der Waals surface area contributed by atoms with Crippen molar-refractivity contribution in [3.63, 3.8) is 0 Å². The van der Waals surface area contributed by atoms with Crippen molar-refractivity contribution in [2.24, 2.45) is 0 Å². The zero-order valence-electron chi connectivity index (χ0n) is 16.3. The van der Waals surface area contributed by atoms with Crippen molar-refractivity contribution in [2.45, 2.75) is 26.2 Å². The number of anilines is 1. The Labute approximate surface area is 174 Å². The lowest BCUT2D eigenvalue weighted by Crippen LogP contribution is -2.34. The molecule has 6 nitrogen and oxygen atoms in total. The summed E-state index contributed by atoms with van der Waals surface area (Å²) in [5.41, 5.74) is 1.22. The molecular weight excluding hydrogens is 400 g/mol. The summed E-state index contributed by atoms with van der Waals surface area (Å²) in [6, 6.07) is 8.44. The van der Waals surface area contributed by atoms with E-state index in [1.807, 2.05) is 20.8 Å². The number of benzene rings is 2. The van der Waals surface area contributed by atoms with Crippen molar-refractivity contribution in [3.05, 3.63) is 46.5 Å². The Balaban J connectivity index is 2.26. The highest BCUT2D eigenvalue weighted by atomic mass is 35.5. The molecule has 0 radical (unpaired) electrons. The van der Waals surface area contributed by atoms with Gasteiger partial charge in [0.15, 0.2) is 10.9 Å². The normalized spacial score (nSPS) is 10.9. The fraction of sp³-hybridized carbons (Fsp3) is 0.300. The first-order valence-corrected chi connectivity index (χ1v) is 9.23. The summed E-state index contributed by atoms with van der Waals surface area (Å²) in [4.78, 5) is 12.7. The van der Waals surface area contributed by atoms with Gasteiger partial charge in [0.2, 0.25) is 0 Å². The first kappa shape index (κ1) is 21.8. The van der Waals surface area contributed by atoms with Crippen LogP contribution < -0.4 is 20.1 Å². The third kappa shape index (κ3) is 4.85. The molecule has 1 amide bonds. The molecule has 8 heteroatoms. The van der Waals surface area contributed by atoms with E-state index in [1.54, 1.807) is 30.3 Å². The van der Waals surface area contributed by atoms with Crippen molar-refractivity contribution >= 4 is 40.5 Å². The van der Waals surface area contributed by atoms with Gasteiger partial charge in [-0.25, -0.2) is 0 Å². The second kappa shape index (κ2) is 8.67. The largest absolute Gasteiger partial charge is 0.504 e. The maximum atomic E-state index is 12.7. The molecule has 0 spiro atoms. The molecule has 0 bridgehead atoms. The van der Waals surface area contributed by atoms with Gasteiger partial charge in [0.1, 0.15) is 17.1 Å². The topological polar surface area (TPSA) is 79.8 Å². The second-order valence-corrected chi connectivity index (χ2v) is 7.87. The van der Waals surface area contributed by atoms with E-state index < -0.39 is 5.91 Å². The zero-order valence-corrected chi connectivity index (χ0v) is 17.9. The number of hydrogen-bond acceptors (Lipinski definition) is 5. The van der Waals surface area contributed by atoms with Crippen LogP contribution >= 0.6 is 23.8 Å². The molecule has 0 fully saturated rings. The molecule has 0 atom stereocenters. The Morgan fingerprint density at radius 3 is 2.21 bits per heavy atom. The first-order valence-electron chi connectivity index (χ1n) is 8.44. The molecule has 0 aliphatic heterocycles. The Morgan fingerprint density at radius 2 is 1.71 bits per heavy atom. The van der Waals surface area contributed by atoms with Gasteiger partial charge in [0, 0.05) is 0 Å². The number of phenolic OH excluding ortho intramolecular Hbond substituents is 1. The number of carbonyl (C=O) groups excluding carboxylic acids is 1. The van der Waals surface area contributed by atoms with Gasteiger partial charge in [-0.1, -0.05) is 38.4 Å². The van der Waals surface area contributed by atoms with Gasteiger partial charge >= 0.3 is 0 Å². The van der Waals surface area contributed by atoms with E-state index in [0.29, 0.717) is 17.2 Å². The number of thiocarbonyl (C=S) groups is 1. The molecule has 150 valence electrons. The third-order valence-corrected chi connectivity index (χ3v) is 4.55. The van der Waals surface area contributed by atoms with Crippen LogP contribution in [0.5, 0.6) is 17.2 Å². The lowest BCUT2D eigenvalue weighted by Gasteiger charge is -2.22. The summed E-state index contributed by atoms with van der Waals surface area (Å²) in [6.45, 7) is 6.06. The average molecular weight is 423 g/mol. The number of phenols is 1. The summed E-state index contributed by atoms with van der Waals surface area (Å²) < 4.78 is 10.5. The maximum absolute atomic E-state index is 12.7. The van der Waals surface area contributed by atoms with Crippen LogP contribution in [0.15, 0.2) is 30.3 Å². The Kier molecular flexibility index (Phi) is 6.74. The van der Waals surface area contributed by atoms with E-state index in [9.17, 15) is 9.90 Å². The Bertz CT molecular complexity index is 888. The predicted molar refractivity (Wildman–Crippen MR) is 115 cm³/mol. The van der Waals surface area contributed by atoms with Gasteiger partial charge in [-0.05, 0) is 47.5 Å². The standard InChI is InChI=1S/C20H23ClN2O4S/c1-20(2,3)11-9-12(21)17(24)13(10-11)22-19(28)23-18(25)16-14(26-4)7-6-8-15(16)27-5/h6-10,24H,1-5H3,(H2,22,23,25,28). The lowest BCUT2D eigenvalue weighted by molar-refractivity contribution is 0.0971. The van der Waals surface area contributed by atoms with E-state index in [-0.39, 0.29) is 26.9 Å². The van der Waals surface area contributed by atoms with Crippen LogP contribution in [0.2, 0.25) is 5.02 Å². The third-order valence-electron chi connectivity index (χ3n) is 4.06. The smallest absolute Gasteiger partial charge is 0.264 e. The molecule has 0 heterocycles. The van der Waals surface area contributed by atoms with Crippen molar-refractivity contribution in [3.8, 4) is 17.2 Å². The minimum Gasteiger partial charge on any atom is -0.504 e. The molecule has 2 rings (SSSR count). The molecule has 3 N–H and O–H groups in total. The van der Waals surface area contributed by atoms with Gasteiger partial charge in [-0.2, -0.15) is 0 Å². The number of aromatic hydroxyl groups is 1. The van der Waals surface area contributed by atoms with Crippen LogP contribution in [-0.4, -0.2) is 30.3 Å². The monoisotopic (exact) mass is 422 g/mol. The van der Waals surface area contributed by atoms with Gasteiger partial charge in [0.25, 0.3) is 5.91 Å². The SMILES string of the molecule is COc1cccc(OC)c1C(=O)NC(=S)Nc1cc(C(C)(C)C)cc(Cl)c1O. The van der Waals surface area contributed by atoms with Crippen molar-refractivity contribution in [2.75, 3.05) is 19.5 Å². The van der Waals surface area contributed by atoms with Crippen molar-refractivity contribution in [1.29, 1.82) is 0 Å². The molecule has 0 saturated heterocycles. The number of methoxy groups -OCH3 is 2. The van der Waals surface area contributed by atoms with Crippen LogP contribution in [0.25, 0.3) is 0 Å². The van der Waals surface area contributed by atoms with E-state index in [2.05, 4.69) is 10.6 Å². The van der Waals surface area contributed by atoms with Crippen molar-refractivity contribution < 1.29 is 19.4 Å².